The molecule has 30 heavy (non-hydrogen) atoms. The van der Waals surface area contributed by atoms with Crippen molar-refractivity contribution in [1.82, 2.24) is 4.98 Å². The van der Waals surface area contributed by atoms with Crippen LogP contribution in [0.15, 0.2) is 65.3 Å². The summed E-state index contributed by atoms with van der Waals surface area (Å²) in [6.45, 7) is 0.257. The molecule has 0 aliphatic carbocycles. The number of fused-ring (bicyclic) bond motifs is 2. The van der Waals surface area contributed by atoms with E-state index in [0.717, 1.165) is 26.1 Å². The largest absolute Gasteiger partial charge is 0.497 e. The molecule has 3 aromatic heterocycles. The normalized spacial score (nSPS) is 11.3. The van der Waals surface area contributed by atoms with Crippen LogP contribution in [0.4, 0.5) is 5.13 Å². The van der Waals surface area contributed by atoms with E-state index in [-0.39, 0.29) is 12.5 Å². The third-order valence-corrected chi connectivity index (χ3v) is 7.41. The van der Waals surface area contributed by atoms with Crippen molar-refractivity contribution in [2.24, 2.45) is 0 Å². The highest BCUT2D eigenvalue weighted by atomic mass is 35.5. The Kier molecular flexibility index (Phi) is 4.94. The highest BCUT2D eigenvalue weighted by molar-refractivity contribution is 7.23. The first-order chi connectivity index (χ1) is 14.6. The summed E-state index contributed by atoms with van der Waals surface area (Å²) in [5.74, 6) is 1.18. The van der Waals surface area contributed by atoms with Crippen LogP contribution in [0.25, 0.3) is 20.3 Å². The third kappa shape index (κ3) is 3.35. The molecule has 5 nitrogen and oxygen atoms in total. The number of thiophene rings is 1. The van der Waals surface area contributed by atoms with Gasteiger partial charge in [0.15, 0.2) is 5.13 Å². The maximum Gasteiger partial charge on any atom is 0.272 e. The molecule has 0 radical (unpaired) electrons. The first-order valence-corrected chi connectivity index (χ1v) is 11.1. The van der Waals surface area contributed by atoms with Gasteiger partial charge in [0.05, 0.1) is 35.2 Å². The minimum absolute atomic E-state index is 0.205. The lowest BCUT2D eigenvalue weighted by molar-refractivity contribution is 0.0987. The van der Waals surface area contributed by atoms with Crippen LogP contribution in [0, 0.1) is 0 Å². The van der Waals surface area contributed by atoms with Crippen LogP contribution in [0.3, 0.4) is 0 Å². The van der Waals surface area contributed by atoms with Gasteiger partial charge >= 0.3 is 0 Å². The predicted octanol–water partition coefficient (Wildman–Crippen LogP) is 6.61. The number of furan rings is 1. The van der Waals surface area contributed by atoms with Crippen LogP contribution in [0.1, 0.15) is 15.4 Å². The first-order valence-electron chi connectivity index (χ1n) is 9.10. The molecule has 0 spiro atoms. The van der Waals surface area contributed by atoms with Gasteiger partial charge in [-0.2, -0.15) is 0 Å². The van der Waals surface area contributed by atoms with Crippen molar-refractivity contribution in [3.05, 3.63) is 76.5 Å². The number of carbonyl (C=O) groups excluding carboxylic acids is 1. The Morgan fingerprint density at radius 2 is 2.00 bits per heavy atom. The molecule has 5 aromatic rings. The second kappa shape index (κ2) is 7.75. The Morgan fingerprint density at radius 3 is 2.77 bits per heavy atom. The van der Waals surface area contributed by atoms with Gasteiger partial charge in [0.1, 0.15) is 16.4 Å². The van der Waals surface area contributed by atoms with Gasteiger partial charge < -0.3 is 9.15 Å². The average Bonchev–Trinajstić information content (AvgIpc) is 3.50. The number of carbonyl (C=O) groups is 1. The maximum absolute atomic E-state index is 13.6. The van der Waals surface area contributed by atoms with E-state index < -0.39 is 0 Å². The van der Waals surface area contributed by atoms with Crippen LogP contribution in [0.5, 0.6) is 5.75 Å². The van der Waals surface area contributed by atoms with Crippen LogP contribution < -0.4 is 9.64 Å². The molecule has 150 valence electrons. The van der Waals surface area contributed by atoms with Crippen LogP contribution in [0.2, 0.25) is 5.02 Å². The summed E-state index contributed by atoms with van der Waals surface area (Å²) >= 11 is 9.41. The molecule has 0 unspecified atom stereocenters. The molecule has 0 N–H and O–H groups in total. The van der Waals surface area contributed by atoms with E-state index in [1.807, 2.05) is 48.5 Å². The van der Waals surface area contributed by atoms with Crippen molar-refractivity contribution in [2.75, 3.05) is 12.0 Å². The summed E-state index contributed by atoms with van der Waals surface area (Å²) in [5, 5.41) is 1.92. The topological polar surface area (TPSA) is 55.6 Å². The average molecular weight is 455 g/mol. The van der Waals surface area contributed by atoms with Gasteiger partial charge in [-0.15, -0.1) is 11.3 Å². The number of benzene rings is 2. The van der Waals surface area contributed by atoms with Crippen LogP contribution >= 0.6 is 34.3 Å². The van der Waals surface area contributed by atoms with Crippen molar-refractivity contribution in [1.29, 1.82) is 0 Å². The Balaban J connectivity index is 1.61. The molecule has 5 rings (SSSR count). The molecule has 0 bridgehead atoms. The summed E-state index contributed by atoms with van der Waals surface area (Å²) in [6.07, 6.45) is 1.59. The number of ether oxygens (including phenoxy) is 1. The van der Waals surface area contributed by atoms with Crippen LogP contribution in [-0.4, -0.2) is 18.0 Å². The van der Waals surface area contributed by atoms with Crippen molar-refractivity contribution < 1.29 is 13.9 Å². The van der Waals surface area contributed by atoms with Crippen molar-refractivity contribution >= 4 is 65.6 Å². The van der Waals surface area contributed by atoms with Gasteiger partial charge in [0.25, 0.3) is 5.91 Å². The first kappa shape index (κ1) is 19.1. The second-order valence-corrected chi connectivity index (χ2v) is 8.98. The summed E-state index contributed by atoms with van der Waals surface area (Å²) in [6, 6.07) is 17.0. The number of amides is 1. The lowest BCUT2D eigenvalue weighted by Crippen LogP contribution is -2.29. The van der Waals surface area contributed by atoms with Gasteiger partial charge in [0.2, 0.25) is 0 Å². The zero-order chi connectivity index (χ0) is 20.7. The number of thiazole rings is 1. The van der Waals surface area contributed by atoms with Gasteiger partial charge in [-0.25, -0.2) is 4.98 Å². The fourth-order valence-corrected chi connectivity index (χ4v) is 5.60. The van der Waals surface area contributed by atoms with Gasteiger partial charge in [0, 0.05) is 16.2 Å². The van der Waals surface area contributed by atoms with Crippen molar-refractivity contribution in [2.45, 2.75) is 6.54 Å². The molecule has 3 heterocycles. The molecule has 0 saturated heterocycles. The summed E-state index contributed by atoms with van der Waals surface area (Å²) < 4.78 is 12.7. The minimum atomic E-state index is -0.205. The van der Waals surface area contributed by atoms with Crippen molar-refractivity contribution in [3.63, 3.8) is 0 Å². The Morgan fingerprint density at radius 1 is 1.13 bits per heavy atom. The van der Waals surface area contributed by atoms with Gasteiger partial charge in [-0.1, -0.05) is 41.1 Å². The zero-order valence-electron chi connectivity index (χ0n) is 15.8. The molecule has 0 atom stereocenters. The number of nitrogens with zero attached hydrogens (tertiary/aromatic N) is 2. The fourth-order valence-electron chi connectivity index (χ4n) is 3.20. The number of methoxy groups -OCH3 is 1. The van der Waals surface area contributed by atoms with E-state index >= 15 is 0 Å². The molecular weight excluding hydrogens is 440 g/mol. The monoisotopic (exact) mass is 454 g/mol. The SMILES string of the molecule is COc1ccc2sc(N(Cc3ccco3)C(=O)c3sc4ccccc4c3Cl)nc2c1. The number of halogens is 1. The molecule has 0 aliphatic heterocycles. The molecule has 8 heteroatoms. The molecule has 0 aliphatic rings. The highest BCUT2D eigenvalue weighted by Crippen LogP contribution is 2.38. The molecule has 0 fully saturated rings. The van der Waals surface area contributed by atoms with E-state index in [4.69, 9.17) is 25.7 Å². The quantitative estimate of drug-likeness (QED) is 0.299. The maximum atomic E-state index is 13.6. The summed E-state index contributed by atoms with van der Waals surface area (Å²) in [5.41, 5.74) is 0.772. The van der Waals surface area contributed by atoms with E-state index in [2.05, 4.69) is 0 Å². The second-order valence-electron chi connectivity index (χ2n) is 6.54. The summed E-state index contributed by atoms with van der Waals surface area (Å²) in [4.78, 5) is 20.4. The zero-order valence-corrected chi connectivity index (χ0v) is 18.2. The van der Waals surface area contributed by atoms with E-state index in [1.54, 1.807) is 24.3 Å². The van der Waals surface area contributed by atoms with E-state index in [9.17, 15) is 4.79 Å². The number of hydrogen-bond donors (Lipinski definition) is 0. The Labute approximate surface area is 185 Å². The Hall–Kier alpha value is -2.87. The molecule has 1 amide bonds. The van der Waals surface area contributed by atoms with Crippen molar-refractivity contribution in [3.8, 4) is 5.75 Å². The van der Waals surface area contributed by atoms with E-state index in [0.29, 0.717) is 20.8 Å². The fraction of sp³-hybridized carbons (Fsp3) is 0.0909. The summed E-state index contributed by atoms with van der Waals surface area (Å²) in [7, 11) is 1.62. The molecular formula is C22H15ClN2O3S2. The molecule has 0 saturated carbocycles. The molecule has 2 aromatic carbocycles. The predicted molar refractivity (Wildman–Crippen MR) is 122 cm³/mol. The highest BCUT2D eigenvalue weighted by Gasteiger charge is 2.27. The minimum Gasteiger partial charge on any atom is -0.497 e. The number of rotatable bonds is 5. The Bertz CT molecular complexity index is 1360. The number of anilines is 1. The smallest absolute Gasteiger partial charge is 0.272 e. The number of hydrogen-bond acceptors (Lipinski definition) is 6. The van der Waals surface area contributed by atoms with Crippen LogP contribution in [-0.2, 0) is 6.54 Å². The van der Waals surface area contributed by atoms with Gasteiger partial charge in [-0.05, 0) is 30.3 Å². The lowest BCUT2D eigenvalue weighted by Gasteiger charge is -2.18. The standard InChI is InChI=1S/C22H15ClN2O3S2/c1-27-13-8-9-18-16(11-13)24-22(30-18)25(12-14-5-4-10-28-14)21(26)20-19(23)15-6-2-3-7-17(15)29-20/h2-11H,12H2,1H3. The van der Waals surface area contributed by atoms with E-state index in [1.165, 1.54) is 22.7 Å². The number of aromatic nitrogens is 1. The van der Waals surface area contributed by atoms with Gasteiger partial charge in [-0.3, -0.25) is 9.69 Å². The third-order valence-electron chi connectivity index (χ3n) is 4.68. The lowest BCUT2D eigenvalue weighted by atomic mass is 10.2.